The molecule has 6 heteroatoms. The number of carbonyl (C=O) groups excluding carboxylic acids is 1. The van der Waals surface area contributed by atoms with Crippen LogP contribution in [0.4, 0.5) is 0 Å². The Morgan fingerprint density at radius 2 is 1.86 bits per heavy atom. The Kier molecular flexibility index (Phi) is 7.50. The SMILES string of the molecule is COc1ccc(CC(=O)N(CCc2ccc(Cl)cc2Cl)Cc2ccccn2)cc1. The number of benzene rings is 2. The summed E-state index contributed by atoms with van der Waals surface area (Å²) in [6.45, 7) is 0.980. The molecular weight excluding hydrogens is 407 g/mol. The van der Waals surface area contributed by atoms with Crippen molar-refractivity contribution in [2.24, 2.45) is 0 Å². The first-order valence-corrected chi connectivity index (χ1v) is 10.1. The predicted molar refractivity (Wildman–Crippen MR) is 117 cm³/mol. The van der Waals surface area contributed by atoms with Crippen LogP contribution in [-0.4, -0.2) is 29.4 Å². The second-order valence-electron chi connectivity index (χ2n) is 6.65. The van der Waals surface area contributed by atoms with E-state index >= 15 is 0 Å². The van der Waals surface area contributed by atoms with Gasteiger partial charge in [-0.2, -0.15) is 0 Å². The molecule has 0 bridgehead atoms. The molecule has 0 unspecified atom stereocenters. The molecule has 0 fully saturated rings. The molecular formula is C23H22Cl2N2O2. The van der Waals surface area contributed by atoms with Crippen molar-refractivity contribution >= 4 is 29.1 Å². The van der Waals surface area contributed by atoms with Crippen LogP contribution >= 0.6 is 23.2 Å². The Balaban J connectivity index is 1.73. The summed E-state index contributed by atoms with van der Waals surface area (Å²) in [7, 11) is 1.62. The van der Waals surface area contributed by atoms with Gasteiger partial charge in [0.05, 0.1) is 25.8 Å². The van der Waals surface area contributed by atoms with Crippen molar-refractivity contribution in [1.29, 1.82) is 0 Å². The fourth-order valence-corrected chi connectivity index (χ4v) is 3.49. The molecule has 0 N–H and O–H groups in total. The lowest BCUT2D eigenvalue weighted by atomic mass is 10.1. The van der Waals surface area contributed by atoms with Crippen LogP contribution in [0.2, 0.25) is 10.0 Å². The van der Waals surface area contributed by atoms with E-state index in [1.54, 1.807) is 19.4 Å². The minimum atomic E-state index is 0.0332. The number of amides is 1. The number of hydrogen-bond acceptors (Lipinski definition) is 3. The molecule has 0 saturated heterocycles. The Labute approximate surface area is 181 Å². The molecule has 2 aromatic carbocycles. The maximum absolute atomic E-state index is 13.0. The molecule has 1 heterocycles. The van der Waals surface area contributed by atoms with Gasteiger partial charge >= 0.3 is 0 Å². The standard InChI is InChI=1S/C23H22Cl2N2O2/c1-29-21-9-5-17(6-10-21)14-23(28)27(16-20-4-2-3-12-26-20)13-11-18-7-8-19(24)15-22(18)25/h2-10,12,15H,11,13-14,16H2,1H3. The van der Waals surface area contributed by atoms with Gasteiger partial charge in [0, 0.05) is 22.8 Å². The number of rotatable bonds is 8. The van der Waals surface area contributed by atoms with Crippen LogP contribution in [0.5, 0.6) is 5.75 Å². The van der Waals surface area contributed by atoms with Gasteiger partial charge in [0.2, 0.25) is 5.91 Å². The molecule has 150 valence electrons. The highest BCUT2D eigenvalue weighted by Gasteiger charge is 2.16. The molecule has 3 rings (SSSR count). The molecule has 4 nitrogen and oxygen atoms in total. The molecule has 1 amide bonds. The Bertz CT molecular complexity index is 947. The summed E-state index contributed by atoms with van der Waals surface area (Å²) < 4.78 is 5.18. The minimum absolute atomic E-state index is 0.0332. The molecule has 0 aliphatic carbocycles. The first-order chi connectivity index (χ1) is 14.0. The number of pyridine rings is 1. The van der Waals surface area contributed by atoms with Crippen LogP contribution in [0.25, 0.3) is 0 Å². The van der Waals surface area contributed by atoms with E-state index in [0.717, 1.165) is 22.6 Å². The highest BCUT2D eigenvalue weighted by molar-refractivity contribution is 6.35. The molecule has 0 spiro atoms. The number of ether oxygens (including phenoxy) is 1. The van der Waals surface area contributed by atoms with Crippen LogP contribution in [0.1, 0.15) is 16.8 Å². The van der Waals surface area contributed by atoms with Crippen molar-refractivity contribution in [1.82, 2.24) is 9.88 Å². The summed E-state index contributed by atoms with van der Waals surface area (Å²) in [6, 6.07) is 18.7. The van der Waals surface area contributed by atoms with Gasteiger partial charge in [0.25, 0.3) is 0 Å². The average Bonchev–Trinajstić information content (AvgIpc) is 2.73. The third kappa shape index (κ3) is 6.21. The number of hydrogen-bond donors (Lipinski definition) is 0. The van der Waals surface area contributed by atoms with Gasteiger partial charge in [-0.05, 0) is 53.9 Å². The first kappa shape index (κ1) is 21.2. The molecule has 1 aromatic heterocycles. The second kappa shape index (κ2) is 10.3. The first-order valence-electron chi connectivity index (χ1n) is 9.29. The fourth-order valence-electron chi connectivity index (χ4n) is 2.99. The van der Waals surface area contributed by atoms with Crippen molar-refractivity contribution in [3.63, 3.8) is 0 Å². The highest BCUT2D eigenvalue weighted by atomic mass is 35.5. The average molecular weight is 429 g/mol. The summed E-state index contributed by atoms with van der Waals surface area (Å²) in [5.41, 5.74) is 2.74. The summed E-state index contributed by atoms with van der Waals surface area (Å²) in [5.74, 6) is 0.801. The van der Waals surface area contributed by atoms with Crippen molar-refractivity contribution in [2.75, 3.05) is 13.7 Å². The quantitative estimate of drug-likeness (QED) is 0.494. The molecule has 0 atom stereocenters. The van der Waals surface area contributed by atoms with E-state index < -0.39 is 0 Å². The van der Waals surface area contributed by atoms with Crippen molar-refractivity contribution in [3.05, 3.63) is 93.7 Å². The number of halogens is 2. The zero-order valence-electron chi connectivity index (χ0n) is 16.1. The maximum atomic E-state index is 13.0. The fraction of sp³-hybridized carbons (Fsp3) is 0.217. The summed E-state index contributed by atoms with van der Waals surface area (Å²) >= 11 is 12.3. The van der Waals surface area contributed by atoms with Gasteiger partial charge in [-0.15, -0.1) is 0 Å². The van der Waals surface area contributed by atoms with Crippen LogP contribution in [0, 0.1) is 0 Å². The van der Waals surface area contributed by atoms with E-state index in [4.69, 9.17) is 27.9 Å². The smallest absolute Gasteiger partial charge is 0.227 e. The lowest BCUT2D eigenvalue weighted by molar-refractivity contribution is -0.131. The van der Waals surface area contributed by atoms with E-state index in [0.29, 0.717) is 36.0 Å². The van der Waals surface area contributed by atoms with Gasteiger partial charge in [-0.1, -0.05) is 47.5 Å². The normalized spacial score (nSPS) is 10.6. The number of aromatic nitrogens is 1. The lowest BCUT2D eigenvalue weighted by Crippen LogP contribution is -2.34. The minimum Gasteiger partial charge on any atom is -0.497 e. The molecule has 0 radical (unpaired) electrons. The number of nitrogens with zero attached hydrogens (tertiary/aromatic N) is 2. The maximum Gasteiger partial charge on any atom is 0.227 e. The molecule has 0 saturated carbocycles. The van der Waals surface area contributed by atoms with Crippen LogP contribution in [0.15, 0.2) is 66.9 Å². The van der Waals surface area contributed by atoms with E-state index in [1.165, 1.54) is 0 Å². The number of methoxy groups -OCH3 is 1. The van der Waals surface area contributed by atoms with Crippen molar-refractivity contribution < 1.29 is 9.53 Å². The predicted octanol–water partition coefficient (Wildman–Crippen LogP) is 5.21. The monoisotopic (exact) mass is 428 g/mol. The summed E-state index contributed by atoms with van der Waals surface area (Å²) in [6.07, 6.45) is 2.68. The van der Waals surface area contributed by atoms with Crippen LogP contribution in [-0.2, 0) is 24.2 Å². The molecule has 3 aromatic rings. The van der Waals surface area contributed by atoms with E-state index in [1.807, 2.05) is 59.5 Å². The largest absolute Gasteiger partial charge is 0.497 e. The Morgan fingerprint density at radius 1 is 1.07 bits per heavy atom. The van der Waals surface area contributed by atoms with Gasteiger partial charge in [0.1, 0.15) is 5.75 Å². The Morgan fingerprint density at radius 3 is 2.52 bits per heavy atom. The number of carbonyl (C=O) groups is 1. The molecule has 0 aliphatic heterocycles. The summed E-state index contributed by atoms with van der Waals surface area (Å²) in [5, 5.41) is 1.21. The van der Waals surface area contributed by atoms with Gasteiger partial charge in [0.15, 0.2) is 0 Å². The Hall–Kier alpha value is -2.56. The summed E-state index contributed by atoms with van der Waals surface area (Å²) in [4.78, 5) is 19.2. The van der Waals surface area contributed by atoms with Crippen LogP contribution < -0.4 is 4.74 Å². The second-order valence-corrected chi connectivity index (χ2v) is 7.49. The van der Waals surface area contributed by atoms with Crippen LogP contribution in [0.3, 0.4) is 0 Å². The van der Waals surface area contributed by atoms with Gasteiger partial charge in [-0.25, -0.2) is 0 Å². The van der Waals surface area contributed by atoms with E-state index in [2.05, 4.69) is 4.98 Å². The van der Waals surface area contributed by atoms with E-state index in [9.17, 15) is 4.79 Å². The van der Waals surface area contributed by atoms with Gasteiger partial charge in [-0.3, -0.25) is 9.78 Å². The lowest BCUT2D eigenvalue weighted by Gasteiger charge is -2.23. The van der Waals surface area contributed by atoms with Crippen molar-refractivity contribution in [3.8, 4) is 5.75 Å². The zero-order valence-corrected chi connectivity index (χ0v) is 17.7. The van der Waals surface area contributed by atoms with Crippen molar-refractivity contribution in [2.45, 2.75) is 19.4 Å². The van der Waals surface area contributed by atoms with Gasteiger partial charge < -0.3 is 9.64 Å². The molecule has 29 heavy (non-hydrogen) atoms. The van der Waals surface area contributed by atoms with E-state index in [-0.39, 0.29) is 5.91 Å². The highest BCUT2D eigenvalue weighted by Crippen LogP contribution is 2.22. The third-order valence-electron chi connectivity index (χ3n) is 4.61. The zero-order chi connectivity index (χ0) is 20.6. The molecule has 0 aliphatic rings. The third-order valence-corrected chi connectivity index (χ3v) is 5.20. The topological polar surface area (TPSA) is 42.4 Å².